The van der Waals surface area contributed by atoms with Crippen LogP contribution in [0.2, 0.25) is 0 Å². The molecular weight excluding hydrogens is 220 g/mol. The second-order valence-corrected chi connectivity index (χ2v) is 5.49. The van der Waals surface area contributed by atoms with Crippen molar-refractivity contribution < 1.29 is 5.11 Å². The highest BCUT2D eigenvalue weighted by atomic mass is 32.1. The largest absolute Gasteiger partial charge is 0.398 e. The molecule has 1 aromatic heterocycles. The van der Waals surface area contributed by atoms with E-state index in [2.05, 4.69) is 5.32 Å². The molecule has 4 N–H and O–H groups in total. The first-order valence-corrected chi connectivity index (χ1v) is 6.88. The van der Waals surface area contributed by atoms with Crippen molar-refractivity contribution in [3.63, 3.8) is 0 Å². The summed E-state index contributed by atoms with van der Waals surface area (Å²) in [6.07, 6.45) is 5.43. The van der Waals surface area contributed by atoms with E-state index in [0.717, 1.165) is 31.5 Å². The number of rotatable bonds is 3. The van der Waals surface area contributed by atoms with Crippen molar-refractivity contribution in [2.75, 3.05) is 5.73 Å². The van der Waals surface area contributed by atoms with Crippen LogP contribution in [-0.2, 0) is 6.54 Å². The predicted molar refractivity (Wildman–Crippen MR) is 68.5 cm³/mol. The van der Waals surface area contributed by atoms with E-state index < -0.39 is 0 Å². The zero-order valence-corrected chi connectivity index (χ0v) is 10.3. The van der Waals surface area contributed by atoms with Crippen LogP contribution in [0.4, 0.5) is 5.69 Å². The number of thiophene rings is 1. The van der Waals surface area contributed by atoms with Gasteiger partial charge in [0.25, 0.3) is 0 Å². The molecule has 0 radical (unpaired) electrons. The zero-order valence-electron chi connectivity index (χ0n) is 9.48. The first-order valence-electron chi connectivity index (χ1n) is 6.00. The van der Waals surface area contributed by atoms with Crippen LogP contribution in [0.15, 0.2) is 11.4 Å². The van der Waals surface area contributed by atoms with E-state index in [1.54, 1.807) is 11.3 Å². The summed E-state index contributed by atoms with van der Waals surface area (Å²) in [4.78, 5) is 1.18. The van der Waals surface area contributed by atoms with Gasteiger partial charge in [0.05, 0.1) is 6.10 Å². The van der Waals surface area contributed by atoms with Crippen LogP contribution in [0.5, 0.6) is 0 Å². The molecule has 2 atom stereocenters. The normalized spacial score (nSPS) is 26.6. The number of aliphatic hydroxyl groups is 1. The number of nitrogens with two attached hydrogens (primary N) is 1. The van der Waals surface area contributed by atoms with Gasteiger partial charge >= 0.3 is 0 Å². The predicted octanol–water partition coefficient (Wildman–Crippen LogP) is 2.11. The van der Waals surface area contributed by atoms with Crippen LogP contribution in [0.1, 0.15) is 37.0 Å². The standard InChI is InChI=1S/C12H20N2OS/c13-9-6-7-16-12(9)8-14-10-4-2-1-3-5-11(10)15/h6-7,10-11,14-15H,1-5,8,13H2. The molecule has 1 fully saturated rings. The summed E-state index contributed by atoms with van der Waals surface area (Å²) in [5, 5.41) is 15.4. The number of nitrogen functional groups attached to an aromatic ring is 1. The van der Waals surface area contributed by atoms with Crippen molar-refractivity contribution in [2.24, 2.45) is 0 Å². The Balaban J connectivity index is 1.86. The molecule has 3 nitrogen and oxygen atoms in total. The fraction of sp³-hybridized carbons (Fsp3) is 0.667. The van der Waals surface area contributed by atoms with E-state index in [-0.39, 0.29) is 12.1 Å². The lowest BCUT2D eigenvalue weighted by atomic mass is 10.1. The van der Waals surface area contributed by atoms with E-state index in [4.69, 9.17) is 5.73 Å². The van der Waals surface area contributed by atoms with E-state index >= 15 is 0 Å². The van der Waals surface area contributed by atoms with Gasteiger partial charge in [0.1, 0.15) is 0 Å². The van der Waals surface area contributed by atoms with Crippen LogP contribution in [0.25, 0.3) is 0 Å². The summed E-state index contributed by atoms with van der Waals surface area (Å²) in [5.74, 6) is 0. The van der Waals surface area contributed by atoms with Crippen molar-refractivity contribution in [1.29, 1.82) is 0 Å². The maximum atomic E-state index is 9.96. The molecule has 1 saturated carbocycles. The second-order valence-electron chi connectivity index (χ2n) is 4.49. The molecular formula is C12H20N2OS. The molecule has 16 heavy (non-hydrogen) atoms. The first kappa shape index (κ1) is 11.9. The van der Waals surface area contributed by atoms with Gasteiger partial charge in [-0.2, -0.15) is 0 Å². The van der Waals surface area contributed by atoms with Crippen LogP contribution >= 0.6 is 11.3 Å². The van der Waals surface area contributed by atoms with E-state index in [0.29, 0.717) is 0 Å². The molecule has 1 aliphatic rings. The number of nitrogens with one attached hydrogen (secondary N) is 1. The Hall–Kier alpha value is -0.580. The highest BCUT2D eigenvalue weighted by molar-refractivity contribution is 7.10. The highest BCUT2D eigenvalue weighted by Crippen LogP contribution is 2.21. The number of aliphatic hydroxyl groups excluding tert-OH is 1. The SMILES string of the molecule is Nc1ccsc1CNC1CCCCCC1O. The Morgan fingerprint density at radius 3 is 2.94 bits per heavy atom. The maximum Gasteiger partial charge on any atom is 0.0693 e. The highest BCUT2D eigenvalue weighted by Gasteiger charge is 2.21. The molecule has 90 valence electrons. The van der Waals surface area contributed by atoms with Gasteiger partial charge in [0.15, 0.2) is 0 Å². The maximum absolute atomic E-state index is 9.96. The lowest BCUT2D eigenvalue weighted by Crippen LogP contribution is -2.38. The summed E-state index contributed by atoms with van der Waals surface area (Å²) in [6, 6.07) is 2.18. The van der Waals surface area contributed by atoms with Crippen LogP contribution < -0.4 is 11.1 Å². The minimum absolute atomic E-state index is 0.191. The van der Waals surface area contributed by atoms with Crippen LogP contribution in [0.3, 0.4) is 0 Å². The Kier molecular flexibility index (Phi) is 4.21. The van der Waals surface area contributed by atoms with Gasteiger partial charge in [-0.3, -0.25) is 0 Å². The van der Waals surface area contributed by atoms with E-state index in [1.165, 1.54) is 17.7 Å². The smallest absolute Gasteiger partial charge is 0.0693 e. The topological polar surface area (TPSA) is 58.3 Å². The summed E-state index contributed by atoms with van der Waals surface area (Å²) in [6.45, 7) is 0.783. The summed E-state index contributed by atoms with van der Waals surface area (Å²) in [5.41, 5.74) is 6.69. The molecule has 0 saturated heterocycles. The van der Waals surface area contributed by atoms with Gasteiger partial charge in [-0.25, -0.2) is 0 Å². The Bertz CT molecular complexity index is 327. The molecule has 1 aromatic rings. The van der Waals surface area contributed by atoms with Crippen molar-refractivity contribution in [2.45, 2.75) is 50.8 Å². The van der Waals surface area contributed by atoms with Crippen LogP contribution in [-0.4, -0.2) is 17.3 Å². The summed E-state index contributed by atoms with van der Waals surface area (Å²) >= 11 is 1.68. The molecule has 0 spiro atoms. The molecule has 2 unspecified atom stereocenters. The van der Waals surface area contributed by atoms with Crippen LogP contribution in [0, 0.1) is 0 Å². The van der Waals surface area contributed by atoms with Gasteiger partial charge < -0.3 is 16.2 Å². The quantitative estimate of drug-likeness (QED) is 0.709. The van der Waals surface area contributed by atoms with E-state index in [1.807, 2.05) is 11.4 Å². The lowest BCUT2D eigenvalue weighted by molar-refractivity contribution is 0.119. The number of anilines is 1. The third kappa shape index (κ3) is 2.97. The molecule has 4 heteroatoms. The fourth-order valence-electron chi connectivity index (χ4n) is 2.24. The van der Waals surface area contributed by atoms with Gasteiger partial charge in [0.2, 0.25) is 0 Å². The monoisotopic (exact) mass is 240 g/mol. The molecule has 0 aromatic carbocycles. The second kappa shape index (κ2) is 5.66. The van der Waals surface area contributed by atoms with Crippen molar-refractivity contribution >= 4 is 17.0 Å². The van der Waals surface area contributed by atoms with Gasteiger partial charge in [-0.1, -0.05) is 19.3 Å². The average molecular weight is 240 g/mol. The Labute approximate surface area is 101 Å². The zero-order chi connectivity index (χ0) is 11.4. The Morgan fingerprint density at radius 2 is 2.19 bits per heavy atom. The summed E-state index contributed by atoms with van der Waals surface area (Å²) in [7, 11) is 0. The first-order chi connectivity index (χ1) is 7.77. The van der Waals surface area contributed by atoms with Gasteiger partial charge in [0, 0.05) is 23.2 Å². The molecule has 1 heterocycles. The van der Waals surface area contributed by atoms with Gasteiger partial charge in [-0.15, -0.1) is 11.3 Å². The minimum Gasteiger partial charge on any atom is -0.398 e. The lowest BCUT2D eigenvalue weighted by Gasteiger charge is -2.21. The third-order valence-electron chi connectivity index (χ3n) is 3.28. The molecule has 0 bridgehead atoms. The molecule has 0 amide bonds. The molecule has 0 aliphatic heterocycles. The molecule has 2 rings (SSSR count). The molecule has 1 aliphatic carbocycles. The Morgan fingerprint density at radius 1 is 1.38 bits per heavy atom. The van der Waals surface area contributed by atoms with Crippen molar-refractivity contribution in [1.82, 2.24) is 5.32 Å². The number of hydrogen-bond donors (Lipinski definition) is 3. The summed E-state index contributed by atoms with van der Waals surface area (Å²) < 4.78 is 0. The number of hydrogen-bond acceptors (Lipinski definition) is 4. The fourth-order valence-corrected chi connectivity index (χ4v) is 2.99. The third-order valence-corrected chi connectivity index (χ3v) is 4.22. The van der Waals surface area contributed by atoms with Crippen molar-refractivity contribution in [3.8, 4) is 0 Å². The average Bonchev–Trinajstić information content (AvgIpc) is 2.56. The van der Waals surface area contributed by atoms with E-state index in [9.17, 15) is 5.11 Å². The van der Waals surface area contributed by atoms with Gasteiger partial charge in [-0.05, 0) is 24.3 Å². The minimum atomic E-state index is -0.191. The van der Waals surface area contributed by atoms with Crippen molar-refractivity contribution in [3.05, 3.63) is 16.3 Å².